The molecule has 7 nitrogen and oxygen atoms in total. The number of esters is 2. The molecule has 0 spiro atoms. The zero-order valence-electron chi connectivity index (χ0n) is 19.5. The minimum absolute atomic E-state index is 0.0529. The number of rotatable bonds is 7. The molecule has 3 aliphatic rings. The lowest BCUT2D eigenvalue weighted by atomic mass is 9.61. The molecule has 1 aromatic heterocycles. The van der Waals surface area contributed by atoms with Crippen LogP contribution >= 0.6 is 0 Å². The van der Waals surface area contributed by atoms with E-state index in [0.29, 0.717) is 24.8 Å². The summed E-state index contributed by atoms with van der Waals surface area (Å²) in [6.45, 7) is 9.43. The van der Waals surface area contributed by atoms with Crippen molar-refractivity contribution in [2.24, 2.45) is 17.3 Å². The lowest BCUT2D eigenvalue weighted by Crippen LogP contribution is -2.57. The van der Waals surface area contributed by atoms with Crippen molar-refractivity contribution in [1.29, 1.82) is 0 Å². The Balaban J connectivity index is 1.56. The molecule has 2 aliphatic heterocycles. The predicted molar refractivity (Wildman–Crippen MR) is 115 cm³/mol. The number of hydrogen-bond donors (Lipinski definition) is 1. The largest absolute Gasteiger partial charge is 0.472 e. The Kier molecular flexibility index (Phi) is 6.01. The van der Waals surface area contributed by atoms with Crippen LogP contribution in [0.1, 0.15) is 72.0 Å². The quantitative estimate of drug-likeness (QED) is 0.382. The first-order valence-corrected chi connectivity index (χ1v) is 11.5. The van der Waals surface area contributed by atoms with E-state index in [1.807, 2.05) is 20.8 Å². The molecular formula is C25H34O7. The van der Waals surface area contributed by atoms with Crippen LogP contribution in [-0.4, -0.2) is 41.0 Å². The summed E-state index contributed by atoms with van der Waals surface area (Å²) in [5, 5.41) is 11.1. The molecule has 0 aromatic carbocycles. The van der Waals surface area contributed by atoms with Crippen LogP contribution in [0, 0.1) is 17.3 Å². The van der Waals surface area contributed by atoms with Crippen LogP contribution in [0.15, 0.2) is 34.7 Å². The van der Waals surface area contributed by atoms with Gasteiger partial charge in [0.25, 0.3) is 0 Å². The molecule has 4 rings (SSSR count). The Bertz CT molecular complexity index is 890. The summed E-state index contributed by atoms with van der Waals surface area (Å²) < 4.78 is 22.8. The second-order valence-electron chi connectivity index (χ2n) is 9.99. The van der Waals surface area contributed by atoms with Gasteiger partial charge in [-0.3, -0.25) is 4.79 Å². The Morgan fingerprint density at radius 2 is 2.12 bits per heavy atom. The molecule has 1 aliphatic carbocycles. The van der Waals surface area contributed by atoms with E-state index in [-0.39, 0.29) is 30.0 Å². The van der Waals surface area contributed by atoms with Crippen LogP contribution in [0.25, 0.3) is 0 Å². The molecule has 8 atom stereocenters. The van der Waals surface area contributed by atoms with Crippen molar-refractivity contribution in [2.45, 2.75) is 90.3 Å². The Labute approximate surface area is 189 Å². The molecule has 32 heavy (non-hydrogen) atoms. The van der Waals surface area contributed by atoms with Crippen molar-refractivity contribution in [3.8, 4) is 0 Å². The van der Waals surface area contributed by atoms with Gasteiger partial charge in [-0.25, -0.2) is 4.79 Å². The van der Waals surface area contributed by atoms with E-state index in [0.717, 1.165) is 12.0 Å². The Hall–Kier alpha value is -2.12. The van der Waals surface area contributed by atoms with Gasteiger partial charge in [-0.15, -0.1) is 0 Å². The third-order valence-corrected chi connectivity index (χ3v) is 8.30. The lowest BCUT2D eigenvalue weighted by Gasteiger charge is -2.47. The van der Waals surface area contributed by atoms with Gasteiger partial charge in [-0.05, 0) is 52.0 Å². The number of aliphatic hydroxyl groups excluding tert-OH is 1. The summed E-state index contributed by atoms with van der Waals surface area (Å²) in [4.78, 5) is 25.5. The Morgan fingerprint density at radius 3 is 2.78 bits per heavy atom. The van der Waals surface area contributed by atoms with Crippen LogP contribution in [0.2, 0.25) is 0 Å². The molecule has 8 unspecified atom stereocenters. The van der Waals surface area contributed by atoms with Gasteiger partial charge in [-0.1, -0.05) is 19.9 Å². The number of aliphatic hydroxyl groups is 1. The normalized spacial score (nSPS) is 38.6. The summed E-state index contributed by atoms with van der Waals surface area (Å²) in [6, 6.07) is 1.81. The SMILES string of the molecule is CC=C(C)C(=O)OC(CC(C)C1CC(c2ccoc2)OC1=O)C1(C)C(O)CCC2OC21C. The van der Waals surface area contributed by atoms with E-state index in [1.54, 1.807) is 38.5 Å². The van der Waals surface area contributed by atoms with E-state index in [2.05, 4.69) is 0 Å². The topological polar surface area (TPSA) is 98.5 Å². The first-order valence-electron chi connectivity index (χ1n) is 11.5. The Morgan fingerprint density at radius 1 is 1.38 bits per heavy atom. The summed E-state index contributed by atoms with van der Waals surface area (Å²) in [5.74, 6) is -1.10. The molecule has 0 amide bonds. The minimum Gasteiger partial charge on any atom is -0.472 e. The average molecular weight is 447 g/mol. The summed E-state index contributed by atoms with van der Waals surface area (Å²) in [6.07, 6.45) is 5.68. The molecule has 176 valence electrons. The third-order valence-electron chi connectivity index (χ3n) is 8.30. The number of carbonyl (C=O) groups excluding carboxylic acids is 2. The summed E-state index contributed by atoms with van der Waals surface area (Å²) >= 11 is 0. The fourth-order valence-corrected chi connectivity index (χ4v) is 5.53. The molecule has 0 bridgehead atoms. The zero-order chi connectivity index (χ0) is 23.3. The number of carbonyl (C=O) groups is 2. The zero-order valence-corrected chi connectivity index (χ0v) is 19.5. The van der Waals surface area contributed by atoms with Crippen molar-refractivity contribution in [3.05, 3.63) is 35.8 Å². The van der Waals surface area contributed by atoms with E-state index in [4.69, 9.17) is 18.6 Å². The van der Waals surface area contributed by atoms with Crippen molar-refractivity contribution < 1.29 is 33.3 Å². The highest BCUT2D eigenvalue weighted by molar-refractivity contribution is 5.87. The number of hydrogen-bond acceptors (Lipinski definition) is 7. The van der Waals surface area contributed by atoms with Crippen LogP contribution in [0.4, 0.5) is 0 Å². The molecule has 1 saturated carbocycles. The van der Waals surface area contributed by atoms with Gasteiger partial charge >= 0.3 is 11.9 Å². The fourth-order valence-electron chi connectivity index (χ4n) is 5.53. The maximum atomic E-state index is 12.8. The van der Waals surface area contributed by atoms with Gasteiger partial charge < -0.3 is 23.7 Å². The van der Waals surface area contributed by atoms with E-state index in [9.17, 15) is 14.7 Å². The molecule has 1 N–H and O–H groups in total. The van der Waals surface area contributed by atoms with E-state index >= 15 is 0 Å². The van der Waals surface area contributed by atoms with Gasteiger partial charge in [-0.2, -0.15) is 0 Å². The van der Waals surface area contributed by atoms with Gasteiger partial charge in [0, 0.05) is 17.6 Å². The van der Waals surface area contributed by atoms with Crippen LogP contribution in [-0.2, 0) is 23.8 Å². The van der Waals surface area contributed by atoms with Crippen molar-refractivity contribution in [2.75, 3.05) is 0 Å². The van der Waals surface area contributed by atoms with Crippen molar-refractivity contribution in [1.82, 2.24) is 0 Å². The molecule has 3 fully saturated rings. The van der Waals surface area contributed by atoms with Gasteiger partial charge in [0.2, 0.25) is 0 Å². The van der Waals surface area contributed by atoms with Crippen molar-refractivity contribution >= 4 is 11.9 Å². The van der Waals surface area contributed by atoms with Crippen molar-refractivity contribution in [3.63, 3.8) is 0 Å². The maximum Gasteiger partial charge on any atom is 0.333 e. The van der Waals surface area contributed by atoms with Crippen LogP contribution in [0.3, 0.4) is 0 Å². The standard InChI is InChI=1S/C25H34O7/c1-6-14(2)22(27)31-21(24(4)19(26)7-8-20-25(24,5)32-20)11-15(3)17-12-18(30-23(17)28)16-9-10-29-13-16/h6,9-10,13,15,17-21,26H,7-8,11-12H2,1-5H3. The van der Waals surface area contributed by atoms with Gasteiger partial charge in [0.05, 0.1) is 36.1 Å². The highest BCUT2D eigenvalue weighted by Gasteiger charge is 2.71. The monoisotopic (exact) mass is 446 g/mol. The number of furan rings is 1. The third kappa shape index (κ3) is 3.69. The highest BCUT2D eigenvalue weighted by Crippen LogP contribution is 2.61. The highest BCUT2D eigenvalue weighted by atomic mass is 16.6. The summed E-state index contributed by atoms with van der Waals surface area (Å²) in [7, 11) is 0. The summed E-state index contributed by atoms with van der Waals surface area (Å²) in [5.41, 5.74) is 0.0149. The number of cyclic esters (lactones) is 1. The van der Waals surface area contributed by atoms with Gasteiger partial charge in [0.1, 0.15) is 17.8 Å². The number of ether oxygens (including phenoxy) is 3. The van der Waals surface area contributed by atoms with Crippen LogP contribution in [0.5, 0.6) is 0 Å². The first-order chi connectivity index (χ1) is 15.1. The molecule has 2 saturated heterocycles. The van der Waals surface area contributed by atoms with Crippen LogP contribution < -0.4 is 0 Å². The second-order valence-corrected chi connectivity index (χ2v) is 9.99. The molecule has 0 radical (unpaired) electrons. The van der Waals surface area contributed by atoms with Gasteiger partial charge in [0.15, 0.2) is 0 Å². The maximum absolute atomic E-state index is 12.8. The average Bonchev–Trinajstić information content (AvgIpc) is 3.12. The number of allylic oxidation sites excluding steroid dienone is 1. The predicted octanol–water partition coefficient (Wildman–Crippen LogP) is 4.11. The molecular weight excluding hydrogens is 412 g/mol. The minimum atomic E-state index is -0.777. The second kappa shape index (κ2) is 8.34. The lowest BCUT2D eigenvalue weighted by molar-refractivity contribution is -0.170. The fraction of sp³-hybridized carbons (Fsp3) is 0.680. The van der Waals surface area contributed by atoms with E-state index < -0.39 is 29.2 Å². The smallest absolute Gasteiger partial charge is 0.333 e. The molecule has 1 aromatic rings. The first kappa shape index (κ1) is 23.1. The number of epoxide rings is 1. The van der Waals surface area contributed by atoms with E-state index in [1.165, 1.54) is 0 Å². The number of fused-ring (bicyclic) bond motifs is 1. The molecule has 7 heteroatoms. The molecule has 3 heterocycles.